The molecule has 3 N–H and O–H groups in total. The molecule has 204 valence electrons. The summed E-state index contributed by atoms with van der Waals surface area (Å²) in [5, 5.41) is 16.8. The predicted octanol–water partition coefficient (Wildman–Crippen LogP) is 4.31. The summed E-state index contributed by atoms with van der Waals surface area (Å²) < 4.78 is 33.2. The number of amides is 2. The minimum absolute atomic E-state index is 0.0259. The summed E-state index contributed by atoms with van der Waals surface area (Å²) in [6.07, 6.45) is 0.466. The largest absolute Gasteiger partial charge is 0.446 e. The number of aliphatic hydroxyl groups is 1. The van der Waals surface area contributed by atoms with E-state index in [1.54, 1.807) is 4.90 Å². The van der Waals surface area contributed by atoms with Crippen LogP contribution >= 0.6 is 0 Å². The van der Waals surface area contributed by atoms with Crippen LogP contribution in [0.4, 0.5) is 8.78 Å². The van der Waals surface area contributed by atoms with E-state index in [0.29, 0.717) is 19.6 Å². The van der Waals surface area contributed by atoms with Crippen molar-refractivity contribution in [2.75, 3.05) is 19.6 Å². The number of aliphatic hydroxyl groups excluding tert-OH is 1. The molecule has 0 aliphatic carbocycles. The Labute approximate surface area is 221 Å². The fourth-order valence-electron chi connectivity index (χ4n) is 4.19. The Morgan fingerprint density at radius 3 is 2.18 bits per heavy atom. The second-order valence-corrected chi connectivity index (χ2v) is 9.20. The van der Waals surface area contributed by atoms with Gasteiger partial charge < -0.3 is 25.1 Å². The number of carbonyl (C=O) groups is 2. The lowest BCUT2D eigenvalue weighted by Gasteiger charge is -2.24. The molecule has 3 rings (SSSR count). The van der Waals surface area contributed by atoms with Gasteiger partial charge >= 0.3 is 0 Å². The summed E-state index contributed by atoms with van der Waals surface area (Å²) in [6, 6.07) is 14.6. The second kappa shape index (κ2) is 14.4. The van der Waals surface area contributed by atoms with Gasteiger partial charge in [0.25, 0.3) is 11.8 Å². The van der Waals surface area contributed by atoms with E-state index in [1.165, 1.54) is 12.1 Å². The zero-order valence-electron chi connectivity index (χ0n) is 21.8. The summed E-state index contributed by atoms with van der Waals surface area (Å²) in [7, 11) is 0. The molecule has 38 heavy (non-hydrogen) atoms. The zero-order valence-corrected chi connectivity index (χ0v) is 21.8. The SMILES string of the molecule is CCCN(CCC)C(=O)c1ccc(C(=O)N[C@@H](Cc2cc(F)cc(F)c2)[C@H](O)CNCc2ccccc2)o1. The van der Waals surface area contributed by atoms with E-state index in [1.807, 2.05) is 44.2 Å². The van der Waals surface area contributed by atoms with Crippen LogP contribution in [0.25, 0.3) is 0 Å². The topological polar surface area (TPSA) is 94.8 Å². The van der Waals surface area contributed by atoms with Crippen molar-refractivity contribution in [2.45, 2.75) is 51.8 Å². The predicted molar refractivity (Wildman–Crippen MR) is 141 cm³/mol. The van der Waals surface area contributed by atoms with Gasteiger partial charge in [-0.25, -0.2) is 8.78 Å². The first-order valence-corrected chi connectivity index (χ1v) is 12.9. The van der Waals surface area contributed by atoms with Crippen molar-refractivity contribution < 1.29 is 27.9 Å². The van der Waals surface area contributed by atoms with Crippen molar-refractivity contribution in [3.63, 3.8) is 0 Å². The van der Waals surface area contributed by atoms with E-state index >= 15 is 0 Å². The lowest BCUT2D eigenvalue weighted by atomic mass is 10.0. The average molecular weight is 528 g/mol. The maximum atomic E-state index is 13.8. The standard InChI is InChI=1S/C29H35F2N3O4/c1-3-12-34(13-4-2)29(37)27-11-10-26(38-27)28(36)33-24(16-21-14-22(30)17-23(31)15-21)25(35)19-32-18-20-8-6-5-7-9-20/h5-11,14-15,17,24-25,32,35H,3-4,12-13,16,18-19H2,1-2H3,(H,33,36)/t24-,25+/m0/s1. The Kier molecular flexibility index (Phi) is 11.0. The molecule has 0 spiro atoms. The maximum absolute atomic E-state index is 13.8. The summed E-state index contributed by atoms with van der Waals surface area (Å²) in [4.78, 5) is 27.5. The first-order chi connectivity index (χ1) is 18.3. The molecule has 0 radical (unpaired) electrons. The molecule has 2 aromatic carbocycles. The molecule has 0 bridgehead atoms. The third kappa shape index (κ3) is 8.49. The van der Waals surface area contributed by atoms with Crippen LogP contribution in [0.5, 0.6) is 0 Å². The number of carbonyl (C=O) groups excluding carboxylic acids is 2. The number of furan rings is 1. The zero-order chi connectivity index (χ0) is 27.5. The molecule has 2 atom stereocenters. The van der Waals surface area contributed by atoms with Crippen LogP contribution in [-0.2, 0) is 13.0 Å². The molecule has 0 saturated heterocycles. The van der Waals surface area contributed by atoms with Gasteiger partial charge in [0.1, 0.15) is 11.6 Å². The minimum Gasteiger partial charge on any atom is -0.446 e. The number of nitrogens with zero attached hydrogens (tertiary/aromatic N) is 1. The van der Waals surface area contributed by atoms with E-state index in [-0.39, 0.29) is 36.0 Å². The first-order valence-electron chi connectivity index (χ1n) is 12.9. The molecule has 0 aliphatic heterocycles. The third-order valence-electron chi connectivity index (χ3n) is 6.00. The van der Waals surface area contributed by atoms with Crippen LogP contribution in [0.15, 0.2) is 65.1 Å². The number of benzene rings is 2. The van der Waals surface area contributed by atoms with Gasteiger partial charge in [0.2, 0.25) is 0 Å². The van der Waals surface area contributed by atoms with Crippen molar-refractivity contribution in [1.29, 1.82) is 0 Å². The van der Waals surface area contributed by atoms with Gasteiger partial charge in [-0.3, -0.25) is 9.59 Å². The Balaban J connectivity index is 1.72. The maximum Gasteiger partial charge on any atom is 0.289 e. The normalized spacial score (nSPS) is 12.7. The molecule has 0 aliphatic rings. The highest BCUT2D eigenvalue weighted by Gasteiger charge is 2.26. The Bertz CT molecular complexity index is 1160. The van der Waals surface area contributed by atoms with E-state index in [2.05, 4.69) is 10.6 Å². The van der Waals surface area contributed by atoms with Crippen molar-refractivity contribution in [1.82, 2.24) is 15.5 Å². The van der Waals surface area contributed by atoms with Gasteiger partial charge in [-0.2, -0.15) is 0 Å². The van der Waals surface area contributed by atoms with Crippen LogP contribution in [0.1, 0.15) is 58.9 Å². The van der Waals surface area contributed by atoms with Crippen molar-refractivity contribution in [2.24, 2.45) is 0 Å². The van der Waals surface area contributed by atoms with E-state index < -0.39 is 29.7 Å². The van der Waals surface area contributed by atoms with E-state index in [9.17, 15) is 23.5 Å². The Morgan fingerprint density at radius 2 is 1.55 bits per heavy atom. The van der Waals surface area contributed by atoms with Gasteiger partial charge in [-0.15, -0.1) is 0 Å². The molecule has 0 unspecified atom stereocenters. The number of nitrogens with one attached hydrogen (secondary N) is 2. The number of rotatable bonds is 14. The molecule has 9 heteroatoms. The van der Waals surface area contributed by atoms with Crippen LogP contribution in [-0.4, -0.2) is 53.6 Å². The third-order valence-corrected chi connectivity index (χ3v) is 6.00. The Morgan fingerprint density at radius 1 is 0.921 bits per heavy atom. The highest BCUT2D eigenvalue weighted by Crippen LogP contribution is 2.15. The van der Waals surface area contributed by atoms with E-state index in [0.717, 1.165) is 36.6 Å². The summed E-state index contributed by atoms with van der Waals surface area (Å²) >= 11 is 0. The molecule has 1 aromatic heterocycles. The van der Waals surface area contributed by atoms with Crippen molar-refractivity contribution in [3.05, 3.63) is 94.9 Å². The summed E-state index contributed by atoms with van der Waals surface area (Å²) in [6.45, 7) is 5.70. The first kappa shape index (κ1) is 29.0. The van der Waals surface area contributed by atoms with Gasteiger partial charge in [0.05, 0.1) is 12.1 Å². The highest BCUT2D eigenvalue weighted by atomic mass is 19.1. The van der Waals surface area contributed by atoms with Crippen molar-refractivity contribution in [3.8, 4) is 0 Å². The molecule has 7 nitrogen and oxygen atoms in total. The highest BCUT2D eigenvalue weighted by molar-refractivity contribution is 5.95. The van der Waals surface area contributed by atoms with Gasteiger partial charge in [-0.05, 0) is 54.7 Å². The summed E-state index contributed by atoms with van der Waals surface area (Å²) in [5.41, 5.74) is 1.29. The number of hydrogen-bond donors (Lipinski definition) is 3. The van der Waals surface area contributed by atoms with Crippen LogP contribution in [0, 0.1) is 11.6 Å². The van der Waals surface area contributed by atoms with Gasteiger partial charge in [0.15, 0.2) is 11.5 Å². The molecule has 1 heterocycles. The smallest absolute Gasteiger partial charge is 0.289 e. The van der Waals surface area contributed by atoms with Crippen LogP contribution in [0.3, 0.4) is 0 Å². The molecule has 2 amide bonds. The number of hydrogen-bond acceptors (Lipinski definition) is 5. The van der Waals surface area contributed by atoms with E-state index in [4.69, 9.17) is 4.42 Å². The van der Waals surface area contributed by atoms with Gasteiger partial charge in [0, 0.05) is 32.2 Å². The fraction of sp³-hybridized carbons (Fsp3) is 0.379. The fourth-order valence-corrected chi connectivity index (χ4v) is 4.19. The van der Waals surface area contributed by atoms with Crippen molar-refractivity contribution >= 4 is 11.8 Å². The molecular weight excluding hydrogens is 492 g/mol. The molecule has 3 aromatic rings. The monoisotopic (exact) mass is 527 g/mol. The number of halogens is 2. The minimum atomic E-state index is -1.09. The second-order valence-electron chi connectivity index (χ2n) is 9.20. The average Bonchev–Trinajstić information content (AvgIpc) is 3.38. The Hall–Kier alpha value is -3.56. The molecular formula is C29H35F2N3O4. The lowest BCUT2D eigenvalue weighted by Crippen LogP contribution is -2.48. The molecule has 0 saturated carbocycles. The quantitative estimate of drug-likeness (QED) is 0.290. The van der Waals surface area contributed by atoms with Crippen LogP contribution < -0.4 is 10.6 Å². The summed E-state index contributed by atoms with van der Waals surface area (Å²) in [5.74, 6) is -2.50. The molecule has 0 fully saturated rings. The lowest BCUT2D eigenvalue weighted by molar-refractivity contribution is 0.0714. The van der Waals surface area contributed by atoms with Gasteiger partial charge in [-0.1, -0.05) is 44.2 Å². The van der Waals surface area contributed by atoms with Crippen LogP contribution in [0.2, 0.25) is 0 Å².